The summed E-state index contributed by atoms with van der Waals surface area (Å²) < 4.78 is 5.21. The maximum absolute atomic E-state index is 12.6. The van der Waals surface area contributed by atoms with Crippen molar-refractivity contribution in [3.8, 4) is 5.75 Å². The molecule has 1 fully saturated rings. The van der Waals surface area contributed by atoms with Crippen molar-refractivity contribution in [3.05, 3.63) is 59.7 Å². The normalized spacial score (nSPS) is 15.0. The Labute approximate surface area is 156 Å². The number of hydrogen-bond acceptors (Lipinski definition) is 3. The zero-order valence-electron chi connectivity index (χ0n) is 15.7. The molecule has 3 rings (SSSR count). The maximum Gasteiger partial charge on any atom is 0.255 e. The van der Waals surface area contributed by atoms with E-state index in [9.17, 15) is 4.79 Å². The molecule has 26 heavy (non-hydrogen) atoms. The third kappa shape index (κ3) is 4.64. The van der Waals surface area contributed by atoms with Gasteiger partial charge in [0.2, 0.25) is 0 Å². The van der Waals surface area contributed by atoms with Gasteiger partial charge in [0, 0.05) is 23.8 Å². The Morgan fingerprint density at radius 2 is 1.88 bits per heavy atom. The number of carbonyl (C=O) groups excluding carboxylic acids is 1. The molecule has 0 radical (unpaired) electrons. The van der Waals surface area contributed by atoms with E-state index in [4.69, 9.17) is 4.74 Å². The molecule has 0 heterocycles. The molecule has 138 valence electrons. The standard InChI is InChI=1S/C22H28N2O2/c1-24(19-11-4-3-5-12-19)16-18-9-6-7-14-21(18)23-22(25)17-10-8-13-20(15-17)26-2/h6-10,13-15,19H,3-5,11-12,16H2,1-2H3,(H,23,25). The minimum absolute atomic E-state index is 0.114. The van der Waals surface area contributed by atoms with Gasteiger partial charge in [-0.05, 0) is 49.7 Å². The van der Waals surface area contributed by atoms with E-state index >= 15 is 0 Å². The van der Waals surface area contributed by atoms with Crippen molar-refractivity contribution in [1.29, 1.82) is 0 Å². The van der Waals surface area contributed by atoms with E-state index < -0.39 is 0 Å². The van der Waals surface area contributed by atoms with E-state index in [1.165, 1.54) is 32.1 Å². The van der Waals surface area contributed by atoms with Gasteiger partial charge >= 0.3 is 0 Å². The lowest BCUT2D eigenvalue weighted by Gasteiger charge is -2.31. The van der Waals surface area contributed by atoms with E-state index in [0.29, 0.717) is 17.4 Å². The van der Waals surface area contributed by atoms with Crippen LogP contribution in [0, 0.1) is 0 Å². The van der Waals surface area contributed by atoms with Gasteiger partial charge in [0.05, 0.1) is 7.11 Å². The van der Waals surface area contributed by atoms with Crippen LogP contribution < -0.4 is 10.1 Å². The van der Waals surface area contributed by atoms with Crippen LogP contribution in [0.2, 0.25) is 0 Å². The predicted molar refractivity (Wildman–Crippen MR) is 106 cm³/mol. The Kier molecular flexibility index (Phi) is 6.29. The number of amides is 1. The first kappa shape index (κ1) is 18.5. The maximum atomic E-state index is 12.6. The average molecular weight is 352 g/mol. The molecule has 4 nitrogen and oxygen atoms in total. The van der Waals surface area contributed by atoms with Crippen molar-refractivity contribution in [3.63, 3.8) is 0 Å². The Balaban J connectivity index is 1.71. The molecule has 0 saturated heterocycles. The van der Waals surface area contributed by atoms with Crippen molar-refractivity contribution in [2.24, 2.45) is 0 Å². The summed E-state index contributed by atoms with van der Waals surface area (Å²) in [7, 11) is 3.80. The third-order valence-electron chi connectivity index (χ3n) is 5.22. The number of anilines is 1. The van der Waals surface area contributed by atoms with Crippen molar-refractivity contribution in [1.82, 2.24) is 4.90 Å². The lowest BCUT2D eigenvalue weighted by Crippen LogP contribution is -2.33. The highest BCUT2D eigenvalue weighted by Gasteiger charge is 2.19. The summed E-state index contributed by atoms with van der Waals surface area (Å²) in [6, 6.07) is 15.9. The molecule has 1 amide bonds. The van der Waals surface area contributed by atoms with Crippen molar-refractivity contribution >= 4 is 11.6 Å². The molecule has 0 atom stereocenters. The second kappa shape index (κ2) is 8.86. The summed E-state index contributed by atoms with van der Waals surface area (Å²) in [5.74, 6) is 0.569. The van der Waals surface area contributed by atoms with Crippen LogP contribution in [0.25, 0.3) is 0 Å². The number of nitrogens with zero attached hydrogens (tertiary/aromatic N) is 1. The fourth-order valence-corrected chi connectivity index (χ4v) is 3.66. The summed E-state index contributed by atoms with van der Waals surface area (Å²) in [6.07, 6.45) is 6.55. The summed E-state index contributed by atoms with van der Waals surface area (Å²) in [6.45, 7) is 0.846. The first-order valence-electron chi connectivity index (χ1n) is 9.41. The minimum atomic E-state index is -0.114. The minimum Gasteiger partial charge on any atom is -0.497 e. The molecule has 0 aromatic heterocycles. The van der Waals surface area contributed by atoms with Gasteiger partial charge in [-0.25, -0.2) is 0 Å². The van der Waals surface area contributed by atoms with Gasteiger partial charge in [0.25, 0.3) is 5.91 Å². The van der Waals surface area contributed by atoms with Crippen LogP contribution in [0.3, 0.4) is 0 Å². The van der Waals surface area contributed by atoms with Crippen LogP contribution in [0.5, 0.6) is 5.75 Å². The quantitative estimate of drug-likeness (QED) is 0.818. The van der Waals surface area contributed by atoms with Crippen LogP contribution in [0.15, 0.2) is 48.5 Å². The van der Waals surface area contributed by atoms with Crippen LogP contribution >= 0.6 is 0 Å². The highest BCUT2D eigenvalue weighted by atomic mass is 16.5. The fourth-order valence-electron chi connectivity index (χ4n) is 3.66. The molecule has 2 aromatic rings. The molecule has 0 aliphatic heterocycles. The van der Waals surface area contributed by atoms with Crippen molar-refractivity contribution in [2.75, 3.05) is 19.5 Å². The van der Waals surface area contributed by atoms with E-state index in [1.807, 2.05) is 30.3 Å². The SMILES string of the molecule is COc1cccc(C(=O)Nc2ccccc2CN(C)C2CCCCC2)c1. The van der Waals surface area contributed by atoms with E-state index in [1.54, 1.807) is 19.2 Å². The summed E-state index contributed by atoms with van der Waals surface area (Å²) >= 11 is 0. The Morgan fingerprint density at radius 1 is 1.12 bits per heavy atom. The zero-order valence-corrected chi connectivity index (χ0v) is 15.7. The fraction of sp³-hybridized carbons (Fsp3) is 0.409. The number of para-hydroxylation sites is 1. The molecule has 0 unspecified atom stereocenters. The number of rotatable bonds is 6. The Morgan fingerprint density at radius 3 is 2.65 bits per heavy atom. The molecular formula is C22H28N2O2. The number of carbonyl (C=O) groups is 1. The number of methoxy groups -OCH3 is 1. The van der Waals surface area contributed by atoms with Crippen molar-refractivity contribution < 1.29 is 9.53 Å². The molecule has 0 spiro atoms. The monoisotopic (exact) mass is 352 g/mol. The molecule has 1 aliphatic carbocycles. The third-order valence-corrected chi connectivity index (χ3v) is 5.22. The first-order chi connectivity index (χ1) is 12.7. The number of nitrogens with one attached hydrogen (secondary N) is 1. The molecular weight excluding hydrogens is 324 g/mol. The summed E-state index contributed by atoms with van der Waals surface area (Å²) in [5.41, 5.74) is 2.62. The van der Waals surface area contributed by atoms with Gasteiger partial charge in [0.1, 0.15) is 5.75 Å². The average Bonchev–Trinajstić information content (AvgIpc) is 2.70. The van der Waals surface area contributed by atoms with Gasteiger partial charge in [0.15, 0.2) is 0 Å². The Hall–Kier alpha value is -2.33. The van der Waals surface area contributed by atoms with Crippen LogP contribution in [0.1, 0.15) is 48.0 Å². The van der Waals surface area contributed by atoms with Gasteiger partial charge in [-0.15, -0.1) is 0 Å². The molecule has 1 N–H and O–H groups in total. The number of benzene rings is 2. The van der Waals surface area contributed by atoms with Crippen molar-refractivity contribution in [2.45, 2.75) is 44.7 Å². The van der Waals surface area contributed by atoms with E-state index in [2.05, 4.69) is 23.3 Å². The smallest absolute Gasteiger partial charge is 0.255 e. The molecule has 4 heteroatoms. The molecule has 0 bridgehead atoms. The highest BCUT2D eigenvalue weighted by molar-refractivity contribution is 6.04. The van der Waals surface area contributed by atoms with Crippen LogP contribution in [0.4, 0.5) is 5.69 Å². The second-order valence-corrected chi connectivity index (χ2v) is 7.05. The zero-order chi connectivity index (χ0) is 18.4. The number of ether oxygens (including phenoxy) is 1. The lowest BCUT2D eigenvalue weighted by atomic mass is 9.94. The predicted octanol–water partition coefficient (Wildman–Crippen LogP) is 4.71. The van der Waals surface area contributed by atoms with Crippen LogP contribution in [-0.2, 0) is 6.54 Å². The molecule has 1 saturated carbocycles. The molecule has 1 aliphatic rings. The first-order valence-corrected chi connectivity index (χ1v) is 9.41. The van der Waals surface area contributed by atoms with E-state index in [-0.39, 0.29) is 5.91 Å². The summed E-state index contributed by atoms with van der Waals surface area (Å²) in [4.78, 5) is 15.1. The molecule has 2 aromatic carbocycles. The lowest BCUT2D eigenvalue weighted by molar-refractivity contribution is 0.102. The Bertz CT molecular complexity index is 738. The van der Waals surface area contributed by atoms with Gasteiger partial charge < -0.3 is 10.1 Å². The van der Waals surface area contributed by atoms with Gasteiger partial charge in [-0.2, -0.15) is 0 Å². The van der Waals surface area contributed by atoms with Gasteiger partial charge in [-0.3, -0.25) is 9.69 Å². The van der Waals surface area contributed by atoms with Gasteiger partial charge in [-0.1, -0.05) is 43.5 Å². The highest BCUT2D eigenvalue weighted by Crippen LogP contribution is 2.25. The number of hydrogen-bond donors (Lipinski definition) is 1. The topological polar surface area (TPSA) is 41.6 Å². The second-order valence-electron chi connectivity index (χ2n) is 7.05. The largest absolute Gasteiger partial charge is 0.497 e. The van der Waals surface area contributed by atoms with Crippen LogP contribution in [-0.4, -0.2) is 31.0 Å². The van der Waals surface area contributed by atoms with E-state index in [0.717, 1.165) is 17.8 Å². The summed E-state index contributed by atoms with van der Waals surface area (Å²) in [5, 5.41) is 3.07.